The predicted octanol–water partition coefficient (Wildman–Crippen LogP) is 2.49. The van der Waals surface area contributed by atoms with Crippen LogP contribution in [0.4, 0.5) is 5.69 Å². The van der Waals surface area contributed by atoms with Crippen LogP contribution < -0.4 is 15.8 Å². The highest BCUT2D eigenvalue weighted by molar-refractivity contribution is 5.76. The van der Waals surface area contributed by atoms with E-state index in [0.29, 0.717) is 30.5 Å². The van der Waals surface area contributed by atoms with Crippen LogP contribution in [0, 0.1) is 0 Å². The normalized spacial score (nSPS) is 16.0. The molecule has 0 unspecified atom stereocenters. The van der Waals surface area contributed by atoms with Crippen LogP contribution in [0.25, 0.3) is 0 Å². The van der Waals surface area contributed by atoms with E-state index in [4.69, 9.17) is 10.5 Å². The topological polar surface area (TPSA) is 64.3 Å². The SMILES string of the molecule is Nc1ccccc1OCCC(=O)NC1CCCCC1. The summed E-state index contributed by atoms with van der Waals surface area (Å²) in [5.41, 5.74) is 6.37. The fourth-order valence-corrected chi connectivity index (χ4v) is 2.41. The van der Waals surface area contributed by atoms with E-state index in [1.54, 1.807) is 6.07 Å². The number of benzene rings is 1. The van der Waals surface area contributed by atoms with Crippen molar-refractivity contribution < 1.29 is 9.53 Å². The third-order valence-corrected chi connectivity index (χ3v) is 3.48. The van der Waals surface area contributed by atoms with Gasteiger partial charge in [0.2, 0.25) is 5.91 Å². The van der Waals surface area contributed by atoms with E-state index in [-0.39, 0.29) is 5.91 Å². The second-order valence-electron chi connectivity index (χ2n) is 5.04. The molecule has 4 nitrogen and oxygen atoms in total. The molecule has 0 radical (unpaired) electrons. The van der Waals surface area contributed by atoms with E-state index in [9.17, 15) is 4.79 Å². The summed E-state index contributed by atoms with van der Waals surface area (Å²) in [6.45, 7) is 0.368. The Bertz CT molecular complexity index is 414. The molecule has 1 aliphatic rings. The van der Waals surface area contributed by atoms with Gasteiger partial charge in [-0.3, -0.25) is 4.79 Å². The summed E-state index contributed by atoms with van der Waals surface area (Å²) in [6.07, 6.45) is 6.34. The minimum Gasteiger partial charge on any atom is -0.491 e. The number of hydrogen-bond acceptors (Lipinski definition) is 3. The molecule has 4 heteroatoms. The van der Waals surface area contributed by atoms with Crippen molar-refractivity contribution in [2.75, 3.05) is 12.3 Å². The smallest absolute Gasteiger partial charge is 0.223 e. The maximum absolute atomic E-state index is 11.8. The van der Waals surface area contributed by atoms with Crippen LogP contribution in [0.1, 0.15) is 38.5 Å². The Morgan fingerprint density at radius 2 is 2.00 bits per heavy atom. The predicted molar refractivity (Wildman–Crippen MR) is 76.0 cm³/mol. The van der Waals surface area contributed by atoms with Crippen molar-refractivity contribution in [3.05, 3.63) is 24.3 Å². The van der Waals surface area contributed by atoms with E-state index in [2.05, 4.69) is 5.32 Å². The van der Waals surface area contributed by atoms with Crippen molar-refractivity contribution in [2.45, 2.75) is 44.6 Å². The van der Waals surface area contributed by atoms with Crippen LogP contribution in [-0.2, 0) is 4.79 Å². The summed E-state index contributed by atoms with van der Waals surface area (Å²) in [7, 11) is 0. The number of carbonyl (C=O) groups excluding carboxylic acids is 1. The van der Waals surface area contributed by atoms with E-state index in [1.165, 1.54) is 19.3 Å². The Morgan fingerprint density at radius 3 is 2.74 bits per heavy atom. The lowest BCUT2D eigenvalue weighted by molar-refractivity contribution is -0.122. The number of nitrogens with one attached hydrogen (secondary N) is 1. The lowest BCUT2D eigenvalue weighted by Crippen LogP contribution is -2.36. The third kappa shape index (κ3) is 4.47. The first-order valence-electron chi connectivity index (χ1n) is 7.02. The quantitative estimate of drug-likeness (QED) is 0.801. The first kappa shape index (κ1) is 13.7. The number of nitrogens with two attached hydrogens (primary N) is 1. The Labute approximate surface area is 114 Å². The number of ether oxygens (including phenoxy) is 1. The van der Waals surface area contributed by atoms with Gasteiger partial charge in [0.05, 0.1) is 18.7 Å². The lowest BCUT2D eigenvalue weighted by Gasteiger charge is -2.22. The fraction of sp³-hybridized carbons (Fsp3) is 0.533. The molecule has 1 aliphatic carbocycles. The number of amides is 1. The molecule has 1 fully saturated rings. The monoisotopic (exact) mass is 262 g/mol. The standard InChI is InChI=1S/C15H22N2O2/c16-13-8-4-5-9-14(13)19-11-10-15(18)17-12-6-2-1-3-7-12/h4-5,8-9,12H,1-3,6-7,10-11,16H2,(H,17,18). The van der Waals surface area contributed by atoms with Gasteiger partial charge in [-0.05, 0) is 25.0 Å². The molecule has 2 rings (SSSR count). The van der Waals surface area contributed by atoms with Crippen LogP contribution in [-0.4, -0.2) is 18.6 Å². The molecule has 0 heterocycles. The Kier molecular flexibility index (Phi) is 5.07. The molecular weight excluding hydrogens is 240 g/mol. The van der Waals surface area contributed by atoms with Crippen LogP contribution in [0.2, 0.25) is 0 Å². The van der Waals surface area contributed by atoms with Crippen molar-refractivity contribution in [2.24, 2.45) is 0 Å². The highest BCUT2D eigenvalue weighted by Crippen LogP contribution is 2.20. The molecular formula is C15H22N2O2. The number of carbonyl (C=O) groups is 1. The molecule has 1 saturated carbocycles. The molecule has 1 amide bonds. The average molecular weight is 262 g/mol. The molecule has 0 bridgehead atoms. The number of para-hydroxylation sites is 2. The minimum absolute atomic E-state index is 0.0707. The molecule has 19 heavy (non-hydrogen) atoms. The molecule has 1 aromatic rings. The van der Waals surface area contributed by atoms with Crippen molar-refractivity contribution in [1.82, 2.24) is 5.32 Å². The van der Waals surface area contributed by atoms with Crippen molar-refractivity contribution in [3.63, 3.8) is 0 Å². The summed E-state index contributed by atoms with van der Waals surface area (Å²) in [5.74, 6) is 0.717. The summed E-state index contributed by atoms with van der Waals surface area (Å²) in [6, 6.07) is 7.69. The van der Waals surface area contributed by atoms with Crippen molar-refractivity contribution in [3.8, 4) is 5.75 Å². The molecule has 0 aliphatic heterocycles. The van der Waals surface area contributed by atoms with Crippen LogP contribution in [0.5, 0.6) is 5.75 Å². The number of hydrogen-bond donors (Lipinski definition) is 2. The first-order chi connectivity index (χ1) is 9.25. The zero-order valence-electron chi connectivity index (χ0n) is 11.2. The summed E-state index contributed by atoms with van der Waals surface area (Å²) in [4.78, 5) is 11.8. The number of rotatable bonds is 5. The van der Waals surface area contributed by atoms with Crippen molar-refractivity contribution in [1.29, 1.82) is 0 Å². The van der Waals surface area contributed by atoms with Crippen LogP contribution in [0.3, 0.4) is 0 Å². The molecule has 0 spiro atoms. The molecule has 0 saturated heterocycles. The van der Waals surface area contributed by atoms with Gasteiger partial charge in [0, 0.05) is 6.04 Å². The molecule has 0 atom stereocenters. The van der Waals surface area contributed by atoms with Gasteiger partial charge in [0.1, 0.15) is 5.75 Å². The molecule has 3 N–H and O–H groups in total. The van der Waals surface area contributed by atoms with Gasteiger partial charge in [-0.25, -0.2) is 0 Å². The minimum atomic E-state index is 0.0707. The van der Waals surface area contributed by atoms with Crippen molar-refractivity contribution >= 4 is 11.6 Å². The second-order valence-corrected chi connectivity index (χ2v) is 5.04. The molecule has 104 valence electrons. The van der Waals surface area contributed by atoms with Gasteiger partial charge in [-0.2, -0.15) is 0 Å². The number of nitrogen functional groups attached to an aromatic ring is 1. The van der Waals surface area contributed by atoms with Gasteiger partial charge in [0.25, 0.3) is 0 Å². The van der Waals surface area contributed by atoms with Gasteiger partial charge < -0.3 is 15.8 Å². The zero-order chi connectivity index (χ0) is 13.5. The highest BCUT2D eigenvalue weighted by atomic mass is 16.5. The maximum atomic E-state index is 11.8. The molecule has 0 aromatic heterocycles. The summed E-state index contributed by atoms with van der Waals surface area (Å²) < 4.78 is 5.51. The Morgan fingerprint density at radius 1 is 1.26 bits per heavy atom. The largest absolute Gasteiger partial charge is 0.491 e. The second kappa shape index (κ2) is 7.02. The third-order valence-electron chi connectivity index (χ3n) is 3.48. The average Bonchev–Trinajstić information content (AvgIpc) is 2.42. The van der Waals surface area contributed by atoms with Crippen LogP contribution >= 0.6 is 0 Å². The summed E-state index contributed by atoms with van der Waals surface area (Å²) >= 11 is 0. The van der Waals surface area contributed by atoms with E-state index in [0.717, 1.165) is 12.8 Å². The van der Waals surface area contributed by atoms with E-state index >= 15 is 0 Å². The maximum Gasteiger partial charge on any atom is 0.223 e. The van der Waals surface area contributed by atoms with Crippen LogP contribution in [0.15, 0.2) is 24.3 Å². The Hall–Kier alpha value is -1.71. The van der Waals surface area contributed by atoms with Gasteiger partial charge in [0.15, 0.2) is 0 Å². The van der Waals surface area contributed by atoms with Gasteiger partial charge in [-0.15, -0.1) is 0 Å². The molecule has 1 aromatic carbocycles. The van der Waals surface area contributed by atoms with E-state index in [1.807, 2.05) is 18.2 Å². The van der Waals surface area contributed by atoms with Gasteiger partial charge >= 0.3 is 0 Å². The highest BCUT2D eigenvalue weighted by Gasteiger charge is 2.15. The summed E-state index contributed by atoms with van der Waals surface area (Å²) in [5, 5.41) is 3.07. The number of anilines is 1. The first-order valence-corrected chi connectivity index (χ1v) is 7.02. The van der Waals surface area contributed by atoms with Gasteiger partial charge in [-0.1, -0.05) is 31.4 Å². The lowest BCUT2D eigenvalue weighted by atomic mass is 9.95. The fourth-order valence-electron chi connectivity index (χ4n) is 2.41. The Balaban J connectivity index is 1.67. The zero-order valence-corrected chi connectivity index (χ0v) is 11.2. The van der Waals surface area contributed by atoms with E-state index < -0.39 is 0 Å².